The summed E-state index contributed by atoms with van der Waals surface area (Å²) in [4.78, 5) is 35.0. The van der Waals surface area contributed by atoms with Crippen LogP contribution >= 0.6 is 0 Å². The zero-order chi connectivity index (χ0) is 21.1. The fourth-order valence-electron chi connectivity index (χ4n) is 3.16. The molecule has 1 fully saturated rings. The standard InChI is InChI=1S/C18H28N2O2.C2H2O4/c1-4-20(5-2)18(21)16-9-11-19(12-10-16)14-15-7-6-8-17(13-15)22-3;3-1(4)2(5)6/h6-8,13,16H,4-5,9-12,14H2,1-3H3;(H,3,4)(H,5,6). The van der Waals surface area contributed by atoms with Crippen LogP contribution < -0.4 is 4.74 Å². The maximum Gasteiger partial charge on any atom is 0.414 e. The maximum absolute atomic E-state index is 12.4. The first-order valence-electron chi connectivity index (χ1n) is 9.42. The molecule has 1 saturated heterocycles. The number of nitrogens with zero attached hydrogens (tertiary/aromatic N) is 2. The van der Waals surface area contributed by atoms with Gasteiger partial charge in [0.05, 0.1) is 7.11 Å². The monoisotopic (exact) mass is 394 g/mol. The number of likely N-dealkylation sites (tertiary alicyclic amines) is 1. The quantitative estimate of drug-likeness (QED) is 0.710. The number of ether oxygens (including phenoxy) is 1. The normalized spacial score (nSPS) is 14.5. The summed E-state index contributed by atoms with van der Waals surface area (Å²) >= 11 is 0. The van der Waals surface area contributed by atoms with Gasteiger partial charge < -0.3 is 19.8 Å². The number of aliphatic carboxylic acids is 2. The fraction of sp³-hybridized carbons (Fsp3) is 0.550. The van der Waals surface area contributed by atoms with Gasteiger partial charge in [-0.2, -0.15) is 0 Å². The minimum atomic E-state index is -1.82. The van der Waals surface area contributed by atoms with Gasteiger partial charge in [0.2, 0.25) is 5.91 Å². The van der Waals surface area contributed by atoms with Gasteiger partial charge in [0.1, 0.15) is 5.75 Å². The van der Waals surface area contributed by atoms with Crippen molar-refractivity contribution in [2.24, 2.45) is 5.92 Å². The number of benzene rings is 1. The summed E-state index contributed by atoms with van der Waals surface area (Å²) in [6.07, 6.45) is 1.94. The van der Waals surface area contributed by atoms with E-state index in [1.165, 1.54) is 5.56 Å². The lowest BCUT2D eigenvalue weighted by Crippen LogP contribution is -2.42. The summed E-state index contributed by atoms with van der Waals surface area (Å²) in [5.41, 5.74) is 1.27. The van der Waals surface area contributed by atoms with E-state index in [1.54, 1.807) is 7.11 Å². The Morgan fingerprint density at radius 3 is 2.14 bits per heavy atom. The Labute approximate surface area is 165 Å². The fourth-order valence-corrected chi connectivity index (χ4v) is 3.16. The summed E-state index contributed by atoms with van der Waals surface area (Å²) in [5, 5.41) is 14.8. The van der Waals surface area contributed by atoms with Gasteiger partial charge in [-0.15, -0.1) is 0 Å². The van der Waals surface area contributed by atoms with Crippen molar-refractivity contribution >= 4 is 17.8 Å². The number of carboxylic acids is 2. The average Bonchev–Trinajstić information content (AvgIpc) is 2.70. The predicted octanol–water partition coefficient (Wildman–Crippen LogP) is 1.93. The van der Waals surface area contributed by atoms with Gasteiger partial charge in [0.15, 0.2) is 0 Å². The molecule has 156 valence electrons. The van der Waals surface area contributed by atoms with Crippen LogP contribution in [0.2, 0.25) is 0 Å². The third-order valence-electron chi connectivity index (χ3n) is 4.74. The van der Waals surface area contributed by atoms with E-state index in [0.717, 1.165) is 51.3 Å². The molecule has 0 aliphatic carbocycles. The molecule has 1 heterocycles. The van der Waals surface area contributed by atoms with Crippen molar-refractivity contribution in [2.75, 3.05) is 33.3 Å². The van der Waals surface area contributed by atoms with Gasteiger partial charge in [-0.05, 0) is 57.5 Å². The van der Waals surface area contributed by atoms with Crippen molar-refractivity contribution in [2.45, 2.75) is 33.2 Å². The molecule has 0 spiro atoms. The number of amides is 1. The molecular formula is C20H30N2O6. The predicted molar refractivity (Wildman–Crippen MR) is 104 cm³/mol. The molecule has 2 N–H and O–H groups in total. The Morgan fingerprint density at radius 2 is 1.68 bits per heavy atom. The molecule has 1 aromatic rings. The van der Waals surface area contributed by atoms with Crippen LogP contribution in [-0.4, -0.2) is 71.1 Å². The molecule has 1 aliphatic rings. The van der Waals surface area contributed by atoms with E-state index in [-0.39, 0.29) is 5.92 Å². The Balaban J connectivity index is 0.000000568. The van der Waals surface area contributed by atoms with Crippen LogP contribution in [0.3, 0.4) is 0 Å². The van der Waals surface area contributed by atoms with Gasteiger partial charge in [0.25, 0.3) is 0 Å². The highest BCUT2D eigenvalue weighted by Crippen LogP contribution is 2.22. The molecule has 8 heteroatoms. The summed E-state index contributed by atoms with van der Waals surface area (Å²) < 4.78 is 5.27. The molecule has 8 nitrogen and oxygen atoms in total. The Bertz CT molecular complexity index is 640. The molecule has 1 amide bonds. The van der Waals surface area contributed by atoms with E-state index < -0.39 is 11.9 Å². The largest absolute Gasteiger partial charge is 0.497 e. The minimum Gasteiger partial charge on any atom is -0.497 e. The maximum atomic E-state index is 12.4. The van der Waals surface area contributed by atoms with Crippen molar-refractivity contribution in [1.29, 1.82) is 0 Å². The van der Waals surface area contributed by atoms with E-state index in [1.807, 2.05) is 17.0 Å². The molecule has 28 heavy (non-hydrogen) atoms. The summed E-state index contributed by atoms with van der Waals surface area (Å²) in [6.45, 7) is 8.67. The lowest BCUT2D eigenvalue weighted by Gasteiger charge is -2.33. The smallest absolute Gasteiger partial charge is 0.414 e. The molecule has 0 atom stereocenters. The van der Waals surface area contributed by atoms with Crippen LogP contribution in [0.25, 0.3) is 0 Å². The highest BCUT2D eigenvalue weighted by molar-refractivity contribution is 6.27. The van der Waals surface area contributed by atoms with Crippen molar-refractivity contribution in [3.8, 4) is 5.75 Å². The van der Waals surface area contributed by atoms with E-state index >= 15 is 0 Å². The average molecular weight is 394 g/mol. The topological polar surface area (TPSA) is 107 Å². The Morgan fingerprint density at radius 1 is 1.11 bits per heavy atom. The minimum absolute atomic E-state index is 0.210. The lowest BCUT2D eigenvalue weighted by atomic mass is 9.95. The number of carbonyl (C=O) groups excluding carboxylic acids is 1. The first-order valence-corrected chi connectivity index (χ1v) is 9.42. The second kappa shape index (κ2) is 12.0. The molecule has 2 rings (SSSR count). The molecule has 0 radical (unpaired) electrons. The van der Waals surface area contributed by atoms with Gasteiger partial charge >= 0.3 is 11.9 Å². The van der Waals surface area contributed by atoms with Gasteiger partial charge in [-0.3, -0.25) is 9.69 Å². The molecule has 1 aromatic carbocycles. The molecule has 0 saturated carbocycles. The van der Waals surface area contributed by atoms with Gasteiger partial charge in [0, 0.05) is 25.6 Å². The number of methoxy groups -OCH3 is 1. The number of hydrogen-bond donors (Lipinski definition) is 2. The molecular weight excluding hydrogens is 364 g/mol. The third-order valence-corrected chi connectivity index (χ3v) is 4.74. The zero-order valence-electron chi connectivity index (χ0n) is 16.8. The zero-order valence-corrected chi connectivity index (χ0v) is 16.8. The summed E-state index contributed by atoms with van der Waals surface area (Å²) in [6, 6.07) is 8.23. The highest BCUT2D eigenvalue weighted by Gasteiger charge is 2.27. The van der Waals surface area contributed by atoms with Gasteiger partial charge in [-0.25, -0.2) is 9.59 Å². The van der Waals surface area contributed by atoms with E-state index in [4.69, 9.17) is 24.5 Å². The molecule has 0 bridgehead atoms. The van der Waals surface area contributed by atoms with Crippen molar-refractivity contribution < 1.29 is 29.3 Å². The Hall–Kier alpha value is -2.61. The second-order valence-corrected chi connectivity index (χ2v) is 6.52. The second-order valence-electron chi connectivity index (χ2n) is 6.52. The SMILES string of the molecule is CCN(CC)C(=O)C1CCN(Cc2cccc(OC)c2)CC1.O=C(O)C(=O)O. The van der Waals surface area contributed by atoms with Crippen LogP contribution in [0.5, 0.6) is 5.75 Å². The first-order chi connectivity index (χ1) is 13.3. The van der Waals surface area contributed by atoms with Crippen LogP contribution in [0, 0.1) is 5.92 Å². The van der Waals surface area contributed by atoms with Gasteiger partial charge in [-0.1, -0.05) is 12.1 Å². The first kappa shape index (κ1) is 23.4. The number of hydrogen-bond acceptors (Lipinski definition) is 5. The number of rotatable bonds is 6. The number of piperidine rings is 1. The molecule has 0 unspecified atom stereocenters. The lowest BCUT2D eigenvalue weighted by molar-refractivity contribution is -0.159. The van der Waals surface area contributed by atoms with Crippen LogP contribution in [0.4, 0.5) is 0 Å². The van der Waals surface area contributed by atoms with Crippen molar-refractivity contribution in [3.63, 3.8) is 0 Å². The summed E-state index contributed by atoms with van der Waals surface area (Å²) in [5.74, 6) is -2.19. The van der Waals surface area contributed by atoms with Crippen molar-refractivity contribution in [1.82, 2.24) is 9.80 Å². The Kier molecular flexibility index (Phi) is 10.0. The van der Waals surface area contributed by atoms with Crippen molar-refractivity contribution in [3.05, 3.63) is 29.8 Å². The number of carbonyl (C=O) groups is 3. The van der Waals surface area contributed by atoms with E-state index in [0.29, 0.717) is 5.91 Å². The van der Waals surface area contributed by atoms with Crippen LogP contribution in [0.15, 0.2) is 24.3 Å². The molecule has 0 aromatic heterocycles. The third kappa shape index (κ3) is 7.56. The molecule has 1 aliphatic heterocycles. The van der Waals surface area contributed by atoms with E-state index in [2.05, 4.69) is 30.9 Å². The highest BCUT2D eigenvalue weighted by atomic mass is 16.5. The van der Waals surface area contributed by atoms with Crippen LogP contribution in [0.1, 0.15) is 32.3 Å². The summed E-state index contributed by atoms with van der Waals surface area (Å²) in [7, 11) is 1.70. The van der Waals surface area contributed by atoms with Crippen LogP contribution in [-0.2, 0) is 20.9 Å². The van der Waals surface area contributed by atoms with E-state index in [9.17, 15) is 4.79 Å². The number of carboxylic acid groups (broad SMARTS) is 2.